The highest BCUT2D eigenvalue weighted by Crippen LogP contribution is 2.34. The van der Waals surface area contributed by atoms with E-state index in [1.165, 1.54) is 24.3 Å². The first-order valence-electron chi connectivity index (χ1n) is 8.84. The van der Waals surface area contributed by atoms with E-state index in [-0.39, 0.29) is 9.79 Å². The maximum absolute atomic E-state index is 14.2. The monoisotopic (exact) mass is 385 g/mol. The molecule has 1 saturated heterocycles. The Bertz CT molecular complexity index is 1110. The van der Waals surface area contributed by atoms with E-state index in [1.54, 1.807) is 13.0 Å². The number of aromatic nitrogens is 1. The summed E-state index contributed by atoms with van der Waals surface area (Å²) in [5.41, 5.74) is 2.12. The Kier molecular flexibility index (Phi) is 4.57. The van der Waals surface area contributed by atoms with E-state index in [0.717, 1.165) is 37.9 Å². The molecule has 2 aromatic carbocycles. The number of halogens is 1. The number of hydrogen-bond donors (Lipinski definition) is 1. The van der Waals surface area contributed by atoms with E-state index >= 15 is 0 Å². The van der Waals surface area contributed by atoms with Crippen LogP contribution in [0.25, 0.3) is 10.9 Å². The van der Waals surface area contributed by atoms with Gasteiger partial charge in [0.1, 0.15) is 10.7 Å². The fourth-order valence-corrected chi connectivity index (χ4v) is 5.09. The van der Waals surface area contributed by atoms with Crippen molar-refractivity contribution in [3.63, 3.8) is 0 Å². The van der Waals surface area contributed by atoms with Crippen molar-refractivity contribution in [2.45, 2.75) is 16.7 Å². The standard InChI is InChI=1S/C20H20FN3O2S/c1-14-13-19(27(25,26)18-8-3-2-6-16(18)21)15-5-4-7-17(20(15)23-14)24-11-9-22-10-12-24/h2-8,13,22H,9-12H2,1H3. The maximum Gasteiger partial charge on any atom is 0.210 e. The van der Waals surface area contributed by atoms with Crippen LogP contribution in [0.15, 0.2) is 58.3 Å². The zero-order valence-electron chi connectivity index (χ0n) is 14.9. The molecule has 1 aliphatic rings. The number of nitrogens with zero attached hydrogens (tertiary/aromatic N) is 2. The number of nitrogens with one attached hydrogen (secondary N) is 1. The molecule has 1 fully saturated rings. The van der Waals surface area contributed by atoms with Crippen LogP contribution < -0.4 is 10.2 Å². The molecular weight excluding hydrogens is 365 g/mol. The smallest absolute Gasteiger partial charge is 0.210 e. The normalized spacial score (nSPS) is 15.3. The highest BCUT2D eigenvalue weighted by molar-refractivity contribution is 7.91. The molecule has 27 heavy (non-hydrogen) atoms. The fraction of sp³-hybridized carbons (Fsp3) is 0.250. The summed E-state index contributed by atoms with van der Waals surface area (Å²) in [5, 5.41) is 3.82. The number of pyridine rings is 1. The van der Waals surface area contributed by atoms with Gasteiger partial charge < -0.3 is 10.2 Å². The third-order valence-electron chi connectivity index (χ3n) is 4.78. The molecule has 0 saturated carbocycles. The highest BCUT2D eigenvalue weighted by Gasteiger charge is 2.26. The van der Waals surface area contributed by atoms with E-state index in [4.69, 9.17) is 0 Å². The Labute approximate surface area is 157 Å². The fourth-order valence-electron chi connectivity index (χ4n) is 3.49. The molecule has 3 aromatic rings. The number of benzene rings is 2. The molecule has 1 N–H and O–H groups in total. The molecule has 4 rings (SSSR count). The molecule has 5 nitrogen and oxygen atoms in total. The van der Waals surface area contributed by atoms with Gasteiger partial charge in [-0.2, -0.15) is 0 Å². The predicted octanol–water partition coefficient (Wildman–Crippen LogP) is 2.92. The van der Waals surface area contributed by atoms with Crippen LogP contribution in [-0.4, -0.2) is 39.6 Å². The first-order chi connectivity index (χ1) is 13.0. The van der Waals surface area contributed by atoms with E-state index in [2.05, 4.69) is 15.2 Å². The van der Waals surface area contributed by atoms with Crippen LogP contribution in [0.2, 0.25) is 0 Å². The Balaban J connectivity index is 1.96. The summed E-state index contributed by atoms with van der Waals surface area (Å²) < 4.78 is 40.7. The third kappa shape index (κ3) is 3.17. The first-order valence-corrected chi connectivity index (χ1v) is 10.3. The number of para-hydroxylation sites is 1. The summed E-state index contributed by atoms with van der Waals surface area (Å²) in [6, 6.07) is 12.5. The summed E-state index contributed by atoms with van der Waals surface area (Å²) in [4.78, 5) is 6.59. The number of sulfone groups is 1. The number of hydrogen-bond acceptors (Lipinski definition) is 5. The SMILES string of the molecule is Cc1cc(S(=O)(=O)c2ccccc2F)c2cccc(N3CCNCC3)c2n1. The van der Waals surface area contributed by atoms with Crippen molar-refractivity contribution in [2.24, 2.45) is 0 Å². The minimum atomic E-state index is -4.01. The molecule has 0 unspecified atom stereocenters. The number of rotatable bonds is 3. The molecule has 0 atom stereocenters. The van der Waals surface area contributed by atoms with Crippen LogP contribution in [0.4, 0.5) is 10.1 Å². The second-order valence-corrected chi connectivity index (χ2v) is 8.49. The van der Waals surface area contributed by atoms with Crippen LogP contribution in [0, 0.1) is 12.7 Å². The summed E-state index contributed by atoms with van der Waals surface area (Å²) in [7, 11) is -4.01. The van der Waals surface area contributed by atoms with Gasteiger partial charge in [-0.15, -0.1) is 0 Å². The predicted molar refractivity (Wildman–Crippen MR) is 103 cm³/mol. The van der Waals surface area contributed by atoms with Crippen molar-refractivity contribution in [2.75, 3.05) is 31.1 Å². The van der Waals surface area contributed by atoms with E-state index in [9.17, 15) is 12.8 Å². The minimum Gasteiger partial charge on any atom is -0.367 e. The largest absolute Gasteiger partial charge is 0.367 e. The van der Waals surface area contributed by atoms with Gasteiger partial charge in [0.05, 0.1) is 16.1 Å². The summed E-state index contributed by atoms with van der Waals surface area (Å²) in [6.45, 7) is 5.13. The minimum absolute atomic E-state index is 0.0899. The van der Waals surface area contributed by atoms with Gasteiger partial charge in [-0.3, -0.25) is 4.98 Å². The zero-order chi connectivity index (χ0) is 19.0. The molecule has 0 bridgehead atoms. The van der Waals surface area contributed by atoms with Gasteiger partial charge in [-0.1, -0.05) is 24.3 Å². The average molecular weight is 385 g/mol. The van der Waals surface area contributed by atoms with Crippen LogP contribution in [0.3, 0.4) is 0 Å². The van der Waals surface area contributed by atoms with E-state index < -0.39 is 15.7 Å². The maximum atomic E-state index is 14.2. The number of aryl methyl sites for hydroxylation is 1. The molecular formula is C20H20FN3O2S. The van der Waals surface area contributed by atoms with Crippen LogP contribution in [0.5, 0.6) is 0 Å². The number of fused-ring (bicyclic) bond motifs is 1. The molecule has 2 heterocycles. The van der Waals surface area contributed by atoms with Crippen molar-refractivity contribution in [3.8, 4) is 0 Å². The van der Waals surface area contributed by atoms with Gasteiger partial charge in [0.2, 0.25) is 9.84 Å². The topological polar surface area (TPSA) is 62.3 Å². The lowest BCUT2D eigenvalue weighted by molar-refractivity contribution is 0.567. The summed E-state index contributed by atoms with van der Waals surface area (Å²) >= 11 is 0. The first kappa shape index (κ1) is 17.9. The molecule has 0 aliphatic carbocycles. The Morgan fingerprint density at radius 2 is 1.78 bits per heavy atom. The lowest BCUT2D eigenvalue weighted by atomic mass is 10.1. The van der Waals surface area contributed by atoms with Gasteiger partial charge >= 0.3 is 0 Å². The molecule has 0 spiro atoms. The van der Waals surface area contributed by atoms with Crippen LogP contribution >= 0.6 is 0 Å². The van der Waals surface area contributed by atoms with Crippen molar-refractivity contribution in [1.82, 2.24) is 10.3 Å². The van der Waals surface area contributed by atoms with E-state index in [0.29, 0.717) is 16.6 Å². The van der Waals surface area contributed by atoms with Crippen LogP contribution in [0.1, 0.15) is 5.69 Å². The molecule has 1 aromatic heterocycles. The second kappa shape index (κ2) is 6.90. The quantitative estimate of drug-likeness (QED) is 0.751. The van der Waals surface area contributed by atoms with Gasteiger partial charge in [-0.25, -0.2) is 12.8 Å². The summed E-state index contributed by atoms with van der Waals surface area (Å²) in [5.74, 6) is -0.752. The van der Waals surface area contributed by atoms with Crippen LogP contribution in [-0.2, 0) is 9.84 Å². The molecule has 1 aliphatic heterocycles. The van der Waals surface area contributed by atoms with Gasteiger partial charge in [0, 0.05) is 37.3 Å². The van der Waals surface area contributed by atoms with E-state index in [1.807, 2.05) is 12.1 Å². The lowest BCUT2D eigenvalue weighted by Crippen LogP contribution is -2.43. The highest BCUT2D eigenvalue weighted by atomic mass is 32.2. The average Bonchev–Trinajstić information content (AvgIpc) is 2.67. The van der Waals surface area contributed by atoms with Gasteiger partial charge in [0.15, 0.2) is 0 Å². The third-order valence-corrected chi connectivity index (χ3v) is 6.61. The lowest BCUT2D eigenvalue weighted by Gasteiger charge is -2.30. The summed E-state index contributed by atoms with van der Waals surface area (Å²) in [6.07, 6.45) is 0. The van der Waals surface area contributed by atoms with Crippen molar-refractivity contribution in [1.29, 1.82) is 0 Å². The Morgan fingerprint density at radius 3 is 2.52 bits per heavy atom. The molecule has 0 amide bonds. The number of piperazine rings is 1. The second-order valence-electron chi connectivity index (χ2n) is 6.61. The molecule has 7 heteroatoms. The van der Waals surface area contributed by atoms with Gasteiger partial charge in [0.25, 0.3) is 0 Å². The Hall–Kier alpha value is -2.51. The molecule has 0 radical (unpaired) electrons. The van der Waals surface area contributed by atoms with Crippen molar-refractivity contribution < 1.29 is 12.8 Å². The van der Waals surface area contributed by atoms with Crippen molar-refractivity contribution in [3.05, 3.63) is 60.0 Å². The van der Waals surface area contributed by atoms with Gasteiger partial charge in [-0.05, 0) is 31.2 Å². The number of anilines is 1. The molecule has 140 valence electrons. The Morgan fingerprint density at radius 1 is 1.04 bits per heavy atom. The van der Waals surface area contributed by atoms with Crippen molar-refractivity contribution >= 4 is 26.4 Å². The zero-order valence-corrected chi connectivity index (χ0v) is 15.8.